The second-order valence-corrected chi connectivity index (χ2v) is 6.30. The summed E-state index contributed by atoms with van der Waals surface area (Å²) in [6.45, 7) is 10.5. The van der Waals surface area contributed by atoms with Crippen LogP contribution in [0.5, 0.6) is 0 Å². The summed E-state index contributed by atoms with van der Waals surface area (Å²) in [5.74, 6) is 5.69. The Morgan fingerprint density at radius 2 is 2.05 bits per heavy atom. The SMILES string of the molecule is CC(C)N(CCNC(=O)c1csc(C#CCN)c1)C(C)C. The van der Waals surface area contributed by atoms with Gasteiger partial charge < -0.3 is 11.1 Å². The van der Waals surface area contributed by atoms with Crippen LogP contribution in [0, 0.1) is 11.8 Å². The molecule has 0 aliphatic rings. The van der Waals surface area contributed by atoms with Crippen LogP contribution < -0.4 is 11.1 Å². The Labute approximate surface area is 131 Å². The Morgan fingerprint density at radius 3 is 2.62 bits per heavy atom. The second-order valence-electron chi connectivity index (χ2n) is 5.39. The van der Waals surface area contributed by atoms with E-state index < -0.39 is 0 Å². The van der Waals surface area contributed by atoms with Gasteiger partial charge in [0.15, 0.2) is 0 Å². The molecular formula is C16H25N3OS. The third kappa shape index (κ3) is 5.88. The lowest BCUT2D eigenvalue weighted by Crippen LogP contribution is -2.42. The van der Waals surface area contributed by atoms with Crippen molar-refractivity contribution in [1.29, 1.82) is 0 Å². The summed E-state index contributed by atoms with van der Waals surface area (Å²) in [6, 6.07) is 2.76. The molecule has 0 saturated carbocycles. The molecule has 0 spiro atoms. The molecule has 1 heterocycles. The highest BCUT2D eigenvalue weighted by Crippen LogP contribution is 2.13. The van der Waals surface area contributed by atoms with Crippen LogP contribution >= 0.6 is 11.3 Å². The fraction of sp³-hybridized carbons (Fsp3) is 0.562. The molecular weight excluding hydrogens is 282 g/mol. The first-order valence-electron chi connectivity index (χ1n) is 7.27. The summed E-state index contributed by atoms with van der Waals surface area (Å²) >= 11 is 1.47. The van der Waals surface area contributed by atoms with Gasteiger partial charge in [-0.25, -0.2) is 0 Å². The van der Waals surface area contributed by atoms with E-state index in [9.17, 15) is 4.79 Å². The topological polar surface area (TPSA) is 58.4 Å². The maximum atomic E-state index is 12.1. The van der Waals surface area contributed by atoms with Gasteiger partial charge in [0.25, 0.3) is 5.91 Å². The Balaban J connectivity index is 2.48. The van der Waals surface area contributed by atoms with Gasteiger partial charge in [0.05, 0.1) is 17.0 Å². The zero-order valence-electron chi connectivity index (χ0n) is 13.3. The molecule has 0 atom stereocenters. The van der Waals surface area contributed by atoms with Gasteiger partial charge in [0.2, 0.25) is 0 Å². The molecule has 116 valence electrons. The van der Waals surface area contributed by atoms with Crippen molar-refractivity contribution >= 4 is 17.2 Å². The standard InChI is InChI=1S/C16H25N3OS/c1-12(2)19(13(3)4)9-8-18-16(20)14-10-15(21-11-14)6-5-7-17/h10-13H,7-9,17H2,1-4H3,(H,18,20). The number of hydrogen-bond acceptors (Lipinski definition) is 4. The van der Waals surface area contributed by atoms with Crippen LogP contribution in [0.1, 0.15) is 42.9 Å². The van der Waals surface area contributed by atoms with Gasteiger partial charge in [0, 0.05) is 30.6 Å². The summed E-state index contributed by atoms with van der Waals surface area (Å²) in [4.78, 5) is 15.3. The highest BCUT2D eigenvalue weighted by molar-refractivity contribution is 7.10. The van der Waals surface area contributed by atoms with E-state index in [1.54, 1.807) is 0 Å². The maximum absolute atomic E-state index is 12.1. The van der Waals surface area contributed by atoms with Gasteiger partial charge in [0.1, 0.15) is 0 Å². The van der Waals surface area contributed by atoms with E-state index in [1.165, 1.54) is 11.3 Å². The number of nitrogens with zero attached hydrogens (tertiary/aromatic N) is 1. The summed E-state index contributed by atoms with van der Waals surface area (Å²) in [5, 5.41) is 4.79. The normalized spacial score (nSPS) is 10.9. The largest absolute Gasteiger partial charge is 0.351 e. The highest BCUT2D eigenvalue weighted by Gasteiger charge is 2.13. The van der Waals surface area contributed by atoms with E-state index in [1.807, 2.05) is 11.4 Å². The number of amides is 1. The zero-order chi connectivity index (χ0) is 15.8. The van der Waals surface area contributed by atoms with Crippen molar-refractivity contribution in [2.45, 2.75) is 39.8 Å². The van der Waals surface area contributed by atoms with Crippen molar-refractivity contribution in [1.82, 2.24) is 10.2 Å². The van der Waals surface area contributed by atoms with Crippen molar-refractivity contribution in [2.75, 3.05) is 19.6 Å². The number of hydrogen-bond donors (Lipinski definition) is 2. The number of carbonyl (C=O) groups excluding carboxylic acids is 1. The Bertz CT molecular complexity index is 503. The predicted molar refractivity (Wildman–Crippen MR) is 89.6 cm³/mol. The van der Waals surface area contributed by atoms with E-state index in [0.717, 1.165) is 11.4 Å². The van der Waals surface area contributed by atoms with Crippen LogP contribution in [-0.4, -0.2) is 42.5 Å². The Morgan fingerprint density at radius 1 is 1.38 bits per heavy atom. The Hall–Kier alpha value is -1.35. The molecule has 0 bridgehead atoms. The minimum atomic E-state index is -0.0421. The minimum absolute atomic E-state index is 0.0421. The van der Waals surface area contributed by atoms with Gasteiger partial charge in [-0.3, -0.25) is 9.69 Å². The Kier molecular flexibility index (Phi) is 7.44. The van der Waals surface area contributed by atoms with Crippen LogP contribution in [0.2, 0.25) is 0 Å². The average Bonchev–Trinajstić information content (AvgIpc) is 2.89. The third-order valence-electron chi connectivity index (χ3n) is 3.16. The molecule has 21 heavy (non-hydrogen) atoms. The first-order valence-corrected chi connectivity index (χ1v) is 8.15. The molecule has 1 aromatic heterocycles. The summed E-state index contributed by atoms with van der Waals surface area (Å²) < 4.78 is 0. The van der Waals surface area contributed by atoms with Gasteiger partial charge in [-0.05, 0) is 33.8 Å². The molecule has 0 fully saturated rings. The average molecular weight is 307 g/mol. The number of nitrogens with one attached hydrogen (secondary N) is 1. The molecule has 0 radical (unpaired) electrons. The van der Waals surface area contributed by atoms with Crippen molar-refractivity contribution in [3.8, 4) is 11.8 Å². The van der Waals surface area contributed by atoms with Crippen LogP contribution in [0.3, 0.4) is 0 Å². The first-order chi connectivity index (χ1) is 9.95. The molecule has 4 nitrogen and oxygen atoms in total. The van der Waals surface area contributed by atoms with Crippen molar-refractivity contribution in [3.63, 3.8) is 0 Å². The van der Waals surface area contributed by atoms with E-state index in [4.69, 9.17) is 5.73 Å². The third-order valence-corrected chi connectivity index (χ3v) is 4.00. The van der Waals surface area contributed by atoms with Crippen molar-refractivity contribution in [2.24, 2.45) is 5.73 Å². The fourth-order valence-electron chi connectivity index (χ4n) is 2.17. The molecule has 0 unspecified atom stereocenters. The van der Waals surface area contributed by atoms with Crippen LogP contribution in [0.15, 0.2) is 11.4 Å². The molecule has 5 heteroatoms. The molecule has 1 aromatic rings. The second kappa shape index (κ2) is 8.83. The van der Waals surface area contributed by atoms with Gasteiger partial charge >= 0.3 is 0 Å². The van der Waals surface area contributed by atoms with Crippen LogP contribution in [0.4, 0.5) is 0 Å². The molecule has 0 aromatic carbocycles. The van der Waals surface area contributed by atoms with Crippen molar-refractivity contribution in [3.05, 3.63) is 21.9 Å². The molecule has 0 aliphatic carbocycles. The van der Waals surface area contributed by atoms with Gasteiger partial charge in [-0.15, -0.1) is 11.3 Å². The van der Waals surface area contributed by atoms with Gasteiger partial charge in [-0.1, -0.05) is 11.8 Å². The van der Waals surface area contributed by atoms with E-state index >= 15 is 0 Å². The summed E-state index contributed by atoms with van der Waals surface area (Å²) in [5.41, 5.74) is 6.00. The van der Waals surface area contributed by atoms with Crippen molar-refractivity contribution < 1.29 is 4.79 Å². The molecule has 3 N–H and O–H groups in total. The molecule has 0 saturated heterocycles. The number of rotatable bonds is 6. The summed E-state index contributed by atoms with van der Waals surface area (Å²) in [7, 11) is 0. The zero-order valence-corrected chi connectivity index (χ0v) is 14.1. The molecule has 1 rings (SSSR count). The van der Waals surface area contributed by atoms with Crippen LogP contribution in [-0.2, 0) is 0 Å². The van der Waals surface area contributed by atoms with E-state index in [-0.39, 0.29) is 5.91 Å². The number of thiophene rings is 1. The summed E-state index contributed by atoms with van der Waals surface area (Å²) in [6.07, 6.45) is 0. The minimum Gasteiger partial charge on any atom is -0.351 e. The smallest absolute Gasteiger partial charge is 0.252 e. The van der Waals surface area contributed by atoms with E-state index in [2.05, 4.69) is 49.8 Å². The molecule has 0 aliphatic heterocycles. The van der Waals surface area contributed by atoms with E-state index in [0.29, 0.717) is 30.7 Å². The lowest BCUT2D eigenvalue weighted by atomic mass is 10.2. The lowest BCUT2D eigenvalue weighted by Gasteiger charge is -2.30. The highest BCUT2D eigenvalue weighted by atomic mass is 32.1. The van der Waals surface area contributed by atoms with Gasteiger partial charge in [-0.2, -0.15) is 0 Å². The quantitative estimate of drug-likeness (QED) is 0.789. The van der Waals surface area contributed by atoms with Crippen LogP contribution in [0.25, 0.3) is 0 Å². The number of carbonyl (C=O) groups is 1. The number of nitrogens with two attached hydrogens (primary N) is 1. The molecule has 1 amide bonds. The predicted octanol–water partition coefficient (Wildman–Crippen LogP) is 1.91. The monoisotopic (exact) mass is 307 g/mol. The lowest BCUT2D eigenvalue weighted by molar-refractivity contribution is 0.0940. The maximum Gasteiger partial charge on any atom is 0.252 e. The fourth-order valence-corrected chi connectivity index (χ4v) is 2.93. The first kappa shape index (κ1) is 17.7.